The van der Waals surface area contributed by atoms with Crippen molar-refractivity contribution in [2.24, 2.45) is 0 Å². The van der Waals surface area contributed by atoms with Crippen molar-refractivity contribution in [3.8, 4) is 0 Å². The van der Waals surface area contributed by atoms with Crippen LogP contribution in [0.3, 0.4) is 0 Å². The van der Waals surface area contributed by atoms with Gasteiger partial charge < -0.3 is 10.2 Å². The maximum Gasteiger partial charge on any atom is 0.255 e. The quantitative estimate of drug-likeness (QED) is 0.589. The summed E-state index contributed by atoms with van der Waals surface area (Å²) in [6.07, 6.45) is 8.08. The van der Waals surface area contributed by atoms with E-state index in [4.69, 9.17) is 0 Å². The number of hydrogen-bond donors (Lipinski definition) is 1. The minimum absolute atomic E-state index is 0.233. The van der Waals surface area contributed by atoms with E-state index >= 15 is 0 Å². The summed E-state index contributed by atoms with van der Waals surface area (Å²) in [5, 5.41) is 2.87. The first-order valence-electron chi connectivity index (χ1n) is 9.63. The summed E-state index contributed by atoms with van der Waals surface area (Å²) < 4.78 is 0. The van der Waals surface area contributed by atoms with E-state index in [-0.39, 0.29) is 18.4 Å². The summed E-state index contributed by atoms with van der Waals surface area (Å²) in [7, 11) is 0. The van der Waals surface area contributed by atoms with E-state index in [1.807, 2.05) is 42.5 Å². The third kappa shape index (κ3) is 4.43. The Morgan fingerprint density at radius 3 is 2.20 bits per heavy atom. The maximum atomic E-state index is 13.6. The van der Waals surface area contributed by atoms with Crippen molar-refractivity contribution in [1.29, 1.82) is 0 Å². The van der Waals surface area contributed by atoms with Crippen LogP contribution in [0.25, 0.3) is 0 Å². The summed E-state index contributed by atoms with van der Waals surface area (Å²) in [4.78, 5) is 36.7. The number of benzene rings is 1. The molecule has 6 nitrogen and oxygen atoms in total. The molecular weight excluding hydrogens is 376 g/mol. The van der Waals surface area contributed by atoms with Crippen LogP contribution in [0.5, 0.6) is 0 Å². The van der Waals surface area contributed by atoms with E-state index in [0.717, 1.165) is 5.56 Å². The molecule has 0 bridgehead atoms. The van der Waals surface area contributed by atoms with Crippen molar-refractivity contribution in [2.75, 3.05) is 6.54 Å². The number of amides is 2. The minimum atomic E-state index is -1.26. The largest absolute Gasteiger partial charge is 0.350 e. The Morgan fingerprint density at radius 1 is 1.00 bits per heavy atom. The highest BCUT2D eigenvalue weighted by molar-refractivity contribution is 5.99. The first-order chi connectivity index (χ1) is 14.6. The predicted octanol–water partition coefficient (Wildman–Crippen LogP) is 3.34. The summed E-state index contributed by atoms with van der Waals surface area (Å²) in [5.41, 5.74) is 0.778. The molecule has 152 valence electrons. The van der Waals surface area contributed by atoms with Crippen LogP contribution in [0.4, 0.5) is 0 Å². The number of nitrogens with one attached hydrogen (secondary N) is 1. The molecule has 2 aromatic heterocycles. The maximum absolute atomic E-state index is 13.6. The normalized spacial score (nSPS) is 12.4. The molecule has 0 saturated heterocycles. The van der Waals surface area contributed by atoms with E-state index in [9.17, 15) is 9.59 Å². The van der Waals surface area contributed by atoms with Gasteiger partial charge in [0.2, 0.25) is 0 Å². The van der Waals surface area contributed by atoms with Gasteiger partial charge in [0.1, 0.15) is 5.54 Å². The summed E-state index contributed by atoms with van der Waals surface area (Å²) in [6.45, 7) is 5.97. The van der Waals surface area contributed by atoms with E-state index in [1.54, 1.807) is 54.8 Å². The van der Waals surface area contributed by atoms with Gasteiger partial charge in [-0.15, -0.1) is 6.58 Å². The van der Waals surface area contributed by atoms with Gasteiger partial charge in [-0.2, -0.15) is 0 Å². The third-order valence-electron chi connectivity index (χ3n) is 4.99. The van der Waals surface area contributed by atoms with Crippen LogP contribution < -0.4 is 5.32 Å². The van der Waals surface area contributed by atoms with Crippen LogP contribution in [0.15, 0.2) is 92.0 Å². The smallest absolute Gasteiger partial charge is 0.255 e. The van der Waals surface area contributed by atoms with Crippen LogP contribution in [0.2, 0.25) is 0 Å². The molecule has 1 atom stereocenters. The molecule has 0 fully saturated rings. The second kappa shape index (κ2) is 9.60. The lowest BCUT2D eigenvalue weighted by molar-refractivity contribution is -0.132. The van der Waals surface area contributed by atoms with Crippen LogP contribution in [-0.4, -0.2) is 33.2 Å². The van der Waals surface area contributed by atoms with Gasteiger partial charge in [-0.25, -0.2) is 0 Å². The molecule has 0 saturated carbocycles. The minimum Gasteiger partial charge on any atom is -0.350 e. The molecule has 1 N–H and O–H groups in total. The number of hydrogen-bond acceptors (Lipinski definition) is 4. The first kappa shape index (κ1) is 20.9. The monoisotopic (exact) mass is 400 g/mol. The lowest BCUT2D eigenvalue weighted by atomic mass is 9.87. The average Bonchev–Trinajstić information content (AvgIpc) is 2.81. The zero-order valence-electron chi connectivity index (χ0n) is 16.9. The van der Waals surface area contributed by atoms with Gasteiger partial charge in [0.05, 0.1) is 0 Å². The lowest BCUT2D eigenvalue weighted by Crippen LogP contribution is -2.56. The molecule has 0 aliphatic heterocycles. The van der Waals surface area contributed by atoms with Crippen molar-refractivity contribution in [1.82, 2.24) is 20.2 Å². The van der Waals surface area contributed by atoms with Gasteiger partial charge in [0, 0.05) is 43.4 Å². The fourth-order valence-corrected chi connectivity index (χ4v) is 3.26. The second-order valence-electron chi connectivity index (χ2n) is 6.92. The molecule has 2 heterocycles. The fraction of sp³-hybridized carbons (Fsp3) is 0.167. The van der Waals surface area contributed by atoms with Crippen LogP contribution >= 0.6 is 0 Å². The van der Waals surface area contributed by atoms with E-state index in [1.165, 1.54) is 0 Å². The molecule has 6 heteroatoms. The third-order valence-corrected chi connectivity index (χ3v) is 4.99. The van der Waals surface area contributed by atoms with Crippen LogP contribution in [0.1, 0.15) is 28.4 Å². The molecule has 0 spiro atoms. The van der Waals surface area contributed by atoms with Gasteiger partial charge in [0.25, 0.3) is 11.8 Å². The highest BCUT2D eigenvalue weighted by Gasteiger charge is 2.43. The summed E-state index contributed by atoms with van der Waals surface area (Å²) in [6, 6.07) is 16.3. The molecule has 2 amide bonds. The van der Waals surface area contributed by atoms with Gasteiger partial charge in [-0.1, -0.05) is 36.4 Å². The van der Waals surface area contributed by atoms with Crippen LogP contribution in [-0.2, 0) is 16.9 Å². The topological polar surface area (TPSA) is 75.2 Å². The Hall–Kier alpha value is -3.80. The molecule has 3 aromatic rings. The highest BCUT2D eigenvalue weighted by Crippen LogP contribution is 2.32. The Morgan fingerprint density at radius 2 is 1.60 bits per heavy atom. The first-order valence-corrected chi connectivity index (χ1v) is 9.63. The Bertz CT molecular complexity index is 993. The molecule has 30 heavy (non-hydrogen) atoms. The van der Waals surface area contributed by atoms with Gasteiger partial charge >= 0.3 is 0 Å². The standard InChI is InChI=1S/C24H24N4O2/c1-3-13-27-23(30)24(2,21-7-5-4-6-8-21)28(18-19-9-14-25-15-10-19)22(29)20-11-16-26-17-12-20/h3-12,14-17H,1,13,18H2,2H3,(H,27,30). The number of rotatable bonds is 8. The van der Waals surface area contributed by atoms with Crippen LogP contribution in [0, 0.1) is 0 Å². The van der Waals surface area contributed by atoms with Gasteiger partial charge in [-0.3, -0.25) is 19.6 Å². The Labute approximate surface area is 176 Å². The molecule has 0 aliphatic carbocycles. The SMILES string of the molecule is C=CCNC(=O)C(C)(c1ccccc1)N(Cc1ccncc1)C(=O)c1ccncc1. The number of carbonyl (C=O) groups is 2. The summed E-state index contributed by atoms with van der Waals surface area (Å²) in [5.74, 6) is -0.556. The number of aromatic nitrogens is 2. The number of carbonyl (C=O) groups excluding carboxylic acids is 2. The number of nitrogens with zero attached hydrogens (tertiary/aromatic N) is 3. The Kier molecular flexibility index (Phi) is 6.70. The fourth-order valence-electron chi connectivity index (χ4n) is 3.26. The Balaban J connectivity index is 2.13. The molecule has 1 aromatic carbocycles. The van der Waals surface area contributed by atoms with Crippen molar-refractivity contribution < 1.29 is 9.59 Å². The van der Waals surface area contributed by atoms with E-state index < -0.39 is 5.54 Å². The van der Waals surface area contributed by atoms with Crippen molar-refractivity contribution >= 4 is 11.8 Å². The molecule has 1 unspecified atom stereocenters. The zero-order valence-corrected chi connectivity index (χ0v) is 16.9. The zero-order chi connectivity index (χ0) is 21.4. The molecular formula is C24H24N4O2. The average molecular weight is 400 g/mol. The van der Waals surface area contributed by atoms with Crippen molar-refractivity contribution in [2.45, 2.75) is 19.0 Å². The highest BCUT2D eigenvalue weighted by atomic mass is 16.2. The van der Waals surface area contributed by atoms with Crippen molar-refractivity contribution in [3.63, 3.8) is 0 Å². The predicted molar refractivity (Wildman–Crippen MR) is 115 cm³/mol. The van der Waals surface area contributed by atoms with E-state index in [2.05, 4.69) is 21.9 Å². The second-order valence-corrected chi connectivity index (χ2v) is 6.92. The molecule has 0 aliphatic rings. The molecule has 3 rings (SSSR count). The van der Waals surface area contributed by atoms with E-state index in [0.29, 0.717) is 17.7 Å². The summed E-state index contributed by atoms with van der Waals surface area (Å²) >= 11 is 0. The van der Waals surface area contributed by atoms with Gasteiger partial charge in [0.15, 0.2) is 0 Å². The molecule has 0 radical (unpaired) electrons. The van der Waals surface area contributed by atoms with Gasteiger partial charge in [-0.05, 0) is 42.3 Å². The number of pyridine rings is 2. The lowest BCUT2D eigenvalue weighted by Gasteiger charge is -2.40. The van der Waals surface area contributed by atoms with Crippen molar-refractivity contribution in [3.05, 3.63) is 109 Å².